The summed E-state index contributed by atoms with van der Waals surface area (Å²) in [5, 5.41) is 86.2. The van der Waals surface area contributed by atoms with Crippen LogP contribution in [-0.2, 0) is 20.4 Å². The van der Waals surface area contributed by atoms with Crippen LogP contribution in [0.5, 0.6) is 0 Å². The quantitative estimate of drug-likeness (QED) is 0.121. The fourth-order valence-electron chi connectivity index (χ4n) is 26.1. The van der Waals surface area contributed by atoms with Crippen LogP contribution >= 0.6 is 0 Å². The first-order valence-corrected chi connectivity index (χ1v) is 26.1. The van der Waals surface area contributed by atoms with Gasteiger partial charge < -0.3 is 4.74 Å². The predicted octanol–water partition coefficient (Wildman–Crippen LogP) is 17.2. The summed E-state index contributed by atoms with van der Waals surface area (Å²) < 4.78 is 6.44. The second-order valence-corrected chi connectivity index (χ2v) is 25.9. The van der Waals surface area contributed by atoms with Gasteiger partial charge in [0.1, 0.15) is 0 Å². The number of carbonyl (C=O) groups is 1. The van der Waals surface area contributed by atoms with Crippen molar-refractivity contribution in [1.82, 2.24) is 0 Å². The Balaban J connectivity index is 1.21. The summed E-state index contributed by atoms with van der Waals surface area (Å²) in [5.74, 6) is 0.320. The van der Waals surface area contributed by atoms with E-state index in [0.29, 0.717) is 5.76 Å². The number of ether oxygens (including phenoxy) is 1. The van der Waals surface area contributed by atoms with Gasteiger partial charge in [-0.15, -0.1) is 0 Å². The first kappa shape index (κ1) is 25.7. The van der Waals surface area contributed by atoms with Gasteiger partial charge in [-0.2, -0.15) is 0 Å². The number of allylic oxidation sites excluding steroid dienone is 4. The van der Waals surface area contributed by atoms with Crippen LogP contribution in [0.1, 0.15) is 22.3 Å². The Morgan fingerprint density at radius 1 is 0.271 bits per heavy atom. The molecule has 0 aliphatic heterocycles. The Hall–Kier alpha value is -8.59. The Labute approximate surface area is 380 Å². The lowest BCUT2D eigenvalue weighted by molar-refractivity contribution is -0.122. The van der Waals surface area contributed by atoms with E-state index in [-0.39, 0.29) is 11.7 Å². The van der Waals surface area contributed by atoms with E-state index in [2.05, 4.69) is 18.2 Å². The molecule has 7 aliphatic carbocycles. The lowest BCUT2D eigenvalue weighted by Crippen LogP contribution is -2.61. The fourth-order valence-corrected chi connectivity index (χ4v) is 26.1. The van der Waals surface area contributed by atoms with E-state index < -0.39 is 16.7 Å². The van der Waals surface area contributed by atoms with Crippen LogP contribution in [0.2, 0.25) is 0 Å². The van der Waals surface area contributed by atoms with Crippen molar-refractivity contribution in [2.45, 2.75) is 10.8 Å². The van der Waals surface area contributed by atoms with Gasteiger partial charge in [-0.1, -0.05) is 12.2 Å². The molecule has 28 aromatic rings. The topological polar surface area (TPSA) is 26.3 Å². The number of carbonyl (C=O) groups excluding carboxylic acids is 1. The Morgan fingerprint density at radius 2 is 0.457 bits per heavy atom. The molecule has 0 amide bonds. The molecule has 7 aliphatic rings. The van der Waals surface area contributed by atoms with Crippen LogP contribution in [0.4, 0.5) is 0 Å². The molecular formula is C68H8O2. The Kier molecular flexibility index (Phi) is 2.09. The summed E-state index contributed by atoms with van der Waals surface area (Å²) in [7, 11) is 1.78. The summed E-state index contributed by atoms with van der Waals surface area (Å²) in [6.07, 6.45) is 7.37. The van der Waals surface area contributed by atoms with E-state index in [4.69, 9.17) is 4.74 Å². The van der Waals surface area contributed by atoms with Crippen LogP contribution in [-0.4, -0.2) is 12.9 Å². The number of ketones is 1. The maximum Gasteiger partial charge on any atom is 0.205 e. The van der Waals surface area contributed by atoms with E-state index in [1.54, 1.807) is 320 Å². The number of Topliss-reactive ketones (excluding diaryl/α,β-unsaturated/α-hetero) is 1. The zero-order valence-electron chi connectivity index (χ0n) is 35.7. The molecule has 70 heavy (non-hydrogen) atoms. The minimum absolute atomic E-state index is 0.0547. The van der Waals surface area contributed by atoms with E-state index in [0.717, 1.165) is 0 Å². The number of fused-ring (bicyclic) bond motifs is 1. The predicted molar refractivity (Wildman–Crippen MR) is 290 cm³/mol. The molecule has 2 nitrogen and oxygen atoms in total. The van der Waals surface area contributed by atoms with Crippen LogP contribution in [0.3, 0.4) is 0 Å². The van der Waals surface area contributed by atoms with Crippen molar-refractivity contribution >= 4 is 297 Å². The van der Waals surface area contributed by atoms with Gasteiger partial charge in [-0.25, -0.2) is 0 Å². The first-order valence-electron chi connectivity index (χ1n) is 26.1. The van der Waals surface area contributed by atoms with Crippen LogP contribution < -0.4 is 0 Å². The summed E-state index contributed by atoms with van der Waals surface area (Å²) in [6.45, 7) is 0. The van der Waals surface area contributed by atoms with E-state index in [9.17, 15) is 0 Å². The summed E-state index contributed by atoms with van der Waals surface area (Å²) >= 11 is 0. The zero-order valence-corrected chi connectivity index (χ0v) is 35.7. The van der Waals surface area contributed by atoms with Crippen molar-refractivity contribution in [3.8, 4) is 0 Å². The Bertz CT molecular complexity index is 7190. The highest BCUT2D eigenvalue weighted by molar-refractivity contribution is 6.82. The third kappa shape index (κ3) is 1.30. The van der Waals surface area contributed by atoms with Crippen molar-refractivity contribution in [3.63, 3.8) is 0 Å². The second kappa shape index (κ2) is 5.70. The lowest BCUT2D eigenvalue weighted by atomic mass is 9.40. The van der Waals surface area contributed by atoms with Crippen molar-refractivity contribution < 1.29 is 9.53 Å². The Morgan fingerprint density at radius 3 is 0.657 bits per heavy atom. The average molecular weight is 857 g/mol. The van der Waals surface area contributed by atoms with Gasteiger partial charge in [0.15, 0.2) is 5.76 Å². The average Bonchev–Trinajstić information content (AvgIpc) is 4.36. The maximum atomic E-state index is 16.3. The zero-order chi connectivity index (χ0) is 41.6. The van der Waals surface area contributed by atoms with Gasteiger partial charge in [0.2, 0.25) is 5.78 Å². The van der Waals surface area contributed by atoms with Crippen molar-refractivity contribution in [1.29, 1.82) is 0 Å². The van der Waals surface area contributed by atoms with Gasteiger partial charge in [-0.05, 0) is 319 Å². The third-order valence-electron chi connectivity index (χ3n) is 26.0. The van der Waals surface area contributed by atoms with Gasteiger partial charge >= 0.3 is 0 Å². The molecule has 0 saturated heterocycles. The normalized spacial score (nSPS) is 25.4. The first-order chi connectivity index (χ1) is 34.8. The van der Waals surface area contributed by atoms with Crippen LogP contribution in [0.15, 0.2) is 24.0 Å². The molecule has 0 N–H and O–H groups in total. The highest BCUT2D eigenvalue weighted by atomic mass is 16.5. The van der Waals surface area contributed by atoms with Crippen molar-refractivity contribution in [3.05, 3.63) is 46.2 Å². The van der Waals surface area contributed by atoms with Gasteiger partial charge in [0.25, 0.3) is 0 Å². The smallest absolute Gasteiger partial charge is 0.205 e. The maximum absolute atomic E-state index is 16.3. The standard InChI is InChI=1S/C68H8O2/c1-70-7-4-5-2-3-6(66(7)69)68-64-58-52-42-34-24-16-12-9-8-10-14(16)22-30(24)44(52)50-40-32(22)26-18(10)19-11(8)15-17-13(9)21-20(12)28(34)38-39-29(21)35-25(17)31-23(15)33-27(19)37-36(26)46(40)54-55-47(37)41(33)51-45(31)53-43(35)49(39)61(60(64)48(38)42)65(68)59(53)57(51)63(55)67(5,68)62(54)56(50)58/h2-6H,1H3/t5-,6+,67?,68?/m1/s1. The number of rotatable bonds is 1. The summed E-state index contributed by atoms with van der Waals surface area (Å²) in [5.41, 5.74) is 5.19. The monoisotopic (exact) mass is 856 g/mol. The fraction of sp³-hybridized carbons (Fsp3) is 0.0735. The molecule has 0 saturated carbocycles. The number of hydrogen-bond donors (Lipinski definition) is 0. The molecule has 2 heteroatoms. The number of benzene rings is 18. The lowest BCUT2D eigenvalue weighted by Gasteiger charge is -2.59. The van der Waals surface area contributed by atoms with Crippen molar-refractivity contribution in [2.24, 2.45) is 11.8 Å². The van der Waals surface area contributed by atoms with Crippen LogP contribution in [0.25, 0.3) is 291 Å². The minimum Gasteiger partial charge on any atom is -0.493 e. The molecule has 0 fully saturated rings. The molecule has 0 heterocycles. The highest BCUT2D eigenvalue weighted by Gasteiger charge is 2.76. The molecule has 2 atom stereocenters. The van der Waals surface area contributed by atoms with E-state index in [1.807, 2.05) is 0 Å². The molecule has 292 valence electrons. The molecule has 2 bridgehead atoms. The van der Waals surface area contributed by atoms with Gasteiger partial charge in [-0.3, -0.25) is 4.79 Å². The molecular weight excluding hydrogens is 849 g/mol. The second-order valence-electron chi connectivity index (χ2n) is 25.9. The largest absolute Gasteiger partial charge is 0.493 e. The summed E-state index contributed by atoms with van der Waals surface area (Å²) in [4.78, 5) is 16.3. The van der Waals surface area contributed by atoms with Gasteiger partial charge in [0.05, 0.1) is 18.4 Å². The highest BCUT2D eigenvalue weighted by Crippen LogP contribution is 2.87. The minimum atomic E-state index is -0.633. The van der Waals surface area contributed by atoms with Crippen LogP contribution in [0, 0.1) is 11.8 Å². The molecule has 0 aromatic heterocycles. The third-order valence-corrected chi connectivity index (χ3v) is 26.0. The summed E-state index contributed by atoms with van der Waals surface area (Å²) in [6, 6.07) is 0. The molecule has 2 spiro atoms. The molecule has 28 aromatic carbocycles. The molecule has 0 radical (unpaired) electrons. The molecule has 35 rings (SSSR count). The number of methoxy groups -OCH3 is 1. The van der Waals surface area contributed by atoms with Crippen molar-refractivity contribution in [2.75, 3.05) is 7.11 Å². The van der Waals surface area contributed by atoms with Gasteiger partial charge in [0, 0.05) is 11.3 Å². The van der Waals surface area contributed by atoms with E-state index in [1.165, 1.54) is 0 Å². The molecule has 0 unspecified atom stereocenters. The number of hydrogen-bond acceptors (Lipinski definition) is 2. The SMILES string of the molecule is COC1=C[C@H]2C=C[C@@H](C1=O)C13c4c5c6c7c8c9c(c%10c%11c1c1c4c4c%12c5c5c6c6c8c8c%13c9c9c%10c%10c%11c%11c1c1c4c4c%12c%12c5c5c6c8c6c8c%13c9c9c%10c%10c%11c1c1c4c4c%12c5c6c5c8c9c%10c1c45)C723. The van der Waals surface area contributed by atoms with E-state index >= 15 is 4.79 Å².